The van der Waals surface area contributed by atoms with Crippen LogP contribution >= 0.6 is 31.9 Å². The zero-order chi connectivity index (χ0) is 11.9. The zero-order valence-corrected chi connectivity index (χ0v) is 12.1. The monoisotopic (exact) mass is 337 g/mol. The van der Waals surface area contributed by atoms with Gasteiger partial charge in [0.25, 0.3) is 0 Å². The van der Waals surface area contributed by atoms with Gasteiger partial charge in [0.05, 0.1) is 10.4 Å². The van der Waals surface area contributed by atoms with Crippen LogP contribution in [0.25, 0.3) is 0 Å². The van der Waals surface area contributed by atoms with Gasteiger partial charge < -0.3 is 4.74 Å². The maximum atomic E-state index is 11.9. The fourth-order valence-electron chi connectivity index (χ4n) is 1.34. The molecule has 0 heterocycles. The Labute approximate surface area is 106 Å². The van der Waals surface area contributed by atoms with Crippen molar-refractivity contribution < 1.29 is 9.53 Å². The van der Waals surface area contributed by atoms with Crippen LogP contribution in [-0.4, -0.2) is 21.2 Å². The second-order valence-electron chi connectivity index (χ2n) is 4.79. The summed E-state index contributed by atoms with van der Waals surface area (Å²) in [5.74, 6) is -0.436. The lowest BCUT2D eigenvalue weighted by atomic mass is 10.1. The van der Waals surface area contributed by atoms with Crippen LogP contribution in [0.2, 0.25) is 0 Å². The summed E-state index contributed by atoms with van der Waals surface area (Å²) in [6.07, 6.45) is 0.497. The summed E-state index contributed by atoms with van der Waals surface area (Å²) >= 11 is 6.70. The lowest BCUT2D eigenvalue weighted by Crippen LogP contribution is -2.33. The van der Waals surface area contributed by atoms with Gasteiger partial charge in [0.1, 0.15) is 5.60 Å². The smallest absolute Gasteiger partial charge is 0.328 e. The number of hydrogen-bond donors (Lipinski definition) is 0. The number of ether oxygens (including phenoxy) is 1. The number of esters is 1. The molecule has 1 saturated carbocycles. The first kappa shape index (κ1) is 13.0. The second-order valence-corrected chi connectivity index (χ2v) is 6.87. The minimum atomic E-state index is -1.02. The summed E-state index contributed by atoms with van der Waals surface area (Å²) < 4.78 is 4.78. The molecule has 84 valence electrons. The molecule has 2 atom stereocenters. The normalized spacial score (nSPS) is 34.4. The van der Waals surface area contributed by atoms with E-state index in [0.717, 1.165) is 0 Å². The molecule has 1 rings (SSSR count). The fourth-order valence-corrected chi connectivity index (χ4v) is 2.69. The van der Waals surface area contributed by atoms with Crippen molar-refractivity contribution >= 4 is 37.8 Å². The van der Waals surface area contributed by atoms with Gasteiger partial charge in [-0.3, -0.25) is 4.79 Å². The van der Waals surface area contributed by atoms with Gasteiger partial charge in [0, 0.05) is 5.33 Å². The highest BCUT2D eigenvalue weighted by Crippen LogP contribution is 2.63. The van der Waals surface area contributed by atoms with Crippen molar-refractivity contribution in [2.45, 2.75) is 37.1 Å². The number of halogens is 2. The summed E-state index contributed by atoms with van der Waals surface area (Å²) in [5.41, 5.74) is -1.58. The minimum Gasteiger partial charge on any atom is -0.459 e. The molecule has 1 aliphatic rings. The Hall–Kier alpha value is -0.0800. The van der Waals surface area contributed by atoms with E-state index < -0.39 is 21.3 Å². The van der Waals surface area contributed by atoms with Crippen molar-refractivity contribution in [1.29, 1.82) is 5.26 Å². The van der Waals surface area contributed by atoms with E-state index in [-0.39, 0.29) is 0 Å². The fraction of sp³-hybridized carbons (Fsp3) is 0.800. The highest BCUT2D eigenvalue weighted by Gasteiger charge is 2.73. The highest BCUT2D eigenvalue weighted by molar-refractivity contribution is 9.12. The first-order valence-electron chi connectivity index (χ1n) is 4.60. The third-order valence-corrected chi connectivity index (χ3v) is 5.28. The molecule has 15 heavy (non-hydrogen) atoms. The topological polar surface area (TPSA) is 50.1 Å². The molecule has 3 nitrogen and oxygen atoms in total. The van der Waals surface area contributed by atoms with E-state index in [0.29, 0.717) is 11.8 Å². The van der Waals surface area contributed by atoms with E-state index in [2.05, 4.69) is 37.9 Å². The summed E-state index contributed by atoms with van der Waals surface area (Å²) in [6.45, 7) is 5.38. The molecular weight excluding hydrogens is 326 g/mol. The molecule has 0 unspecified atom stereocenters. The number of nitrogens with zero attached hydrogens (tertiary/aromatic N) is 1. The molecule has 0 radical (unpaired) electrons. The number of carbonyl (C=O) groups excluding carboxylic acids is 1. The van der Waals surface area contributed by atoms with Crippen molar-refractivity contribution in [2.24, 2.45) is 5.41 Å². The van der Waals surface area contributed by atoms with Crippen LogP contribution < -0.4 is 0 Å². The second kappa shape index (κ2) is 3.74. The number of hydrogen-bond acceptors (Lipinski definition) is 3. The Morgan fingerprint density at radius 1 is 1.60 bits per heavy atom. The molecule has 0 bridgehead atoms. The van der Waals surface area contributed by atoms with E-state index in [1.54, 1.807) is 20.8 Å². The Kier molecular flexibility index (Phi) is 3.24. The molecule has 0 aromatic carbocycles. The van der Waals surface area contributed by atoms with Gasteiger partial charge in [0.2, 0.25) is 0 Å². The average molecular weight is 339 g/mol. The molecule has 1 fully saturated rings. The molecule has 0 aliphatic heterocycles. The van der Waals surface area contributed by atoms with Crippen LogP contribution in [0.4, 0.5) is 0 Å². The molecule has 5 heteroatoms. The Bertz CT molecular complexity index is 331. The maximum absolute atomic E-state index is 11.9. The van der Waals surface area contributed by atoms with Crippen molar-refractivity contribution in [1.82, 2.24) is 0 Å². The summed E-state index contributed by atoms with van der Waals surface area (Å²) in [5, 5.41) is 9.65. The number of nitriles is 1. The van der Waals surface area contributed by atoms with E-state index >= 15 is 0 Å². The van der Waals surface area contributed by atoms with Gasteiger partial charge >= 0.3 is 5.97 Å². The Morgan fingerprint density at radius 3 is 2.40 bits per heavy atom. The lowest BCUT2D eigenvalue weighted by Gasteiger charge is -2.22. The first-order chi connectivity index (χ1) is 6.71. The maximum Gasteiger partial charge on any atom is 0.328 e. The van der Waals surface area contributed by atoms with E-state index in [4.69, 9.17) is 10.00 Å². The van der Waals surface area contributed by atoms with Crippen molar-refractivity contribution in [3.63, 3.8) is 0 Å². The molecule has 1 aliphatic carbocycles. The van der Waals surface area contributed by atoms with Crippen LogP contribution in [0.15, 0.2) is 0 Å². The van der Waals surface area contributed by atoms with E-state index in [9.17, 15) is 4.79 Å². The average Bonchev–Trinajstić information content (AvgIpc) is 2.71. The van der Waals surface area contributed by atoms with Crippen molar-refractivity contribution in [2.75, 3.05) is 5.33 Å². The van der Waals surface area contributed by atoms with Crippen molar-refractivity contribution in [3.8, 4) is 6.07 Å². The molecule has 0 aromatic heterocycles. The van der Waals surface area contributed by atoms with E-state index in [1.165, 1.54) is 0 Å². The predicted octanol–water partition coefficient (Wildman–Crippen LogP) is 2.77. The Morgan fingerprint density at radius 2 is 2.13 bits per heavy atom. The minimum absolute atomic E-state index is 0.436. The van der Waals surface area contributed by atoms with Gasteiger partial charge in [-0.05, 0) is 27.2 Å². The van der Waals surface area contributed by atoms with Gasteiger partial charge in [-0.25, -0.2) is 0 Å². The molecule has 0 amide bonds. The van der Waals surface area contributed by atoms with Crippen LogP contribution in [0.3, 0.4) is 0 Å². The number of alkyl halides is 2. The molecule has 0 saturated heterocycles. The molecular formula is C10H13Br2NO2. The molecule has 0 aromatic rings. The van der Waals surface area contributed by atoms with Crippen LogP contribution in [0.1, 0.15) is 27.2 Å². The molecule has 0 N–H and O–H groups in total. The van der Waals surface area contributed by atoms with Gasteiger partial charge in [-0.2, -0.15) is 5.26 Å². The highest BCUT2D eigenvalue weighted by atomic mass is 79.9. The van der Waals surface area contributed by atoms with Gasteiger partial charge in [-0.1, -0.05) is 31.9 Å². The molecule has 0 spiro atoms. The third kappa shape index (κ3) is 2.21. The largest absolute Gasteiger partial charge is 0.459 e. The lowest BCUT2D eigenvalue weighted by molar-refractivity contribution is -0.159. The van der Waals surface area contributed by atoms with Crippen LogP contribution in [0.5, 0.6) is 0 Å². The van der Waals surface area contributed by atoms with Gasteiger partial charge in [0.15, 0.2) is 5.41 Å². The van der Waals surface area contributed by atoms with Crippen LogP contribution in [0, 0.1) is 16.7 Å². The summed E-state index contributed by atoms with van der Waals surface area (Å²) in [7, 11) is 0. The quantitative estimate of drug-likeness (QED) is 0.574. The summed E-state index contributed by atoms with van der Waals surface area (Å²) in [6, 6.07) is 2.06. The zero-order valence-electron chi connectivity index (χ0n) is 8.93. The standard InChI is InChI=1S/C10H13Br2NO2/c1-8(2,3)15-7(14)9(6-13)4-10(9,12)5-11/h4-5H2,1-3H3/t9-,10+/m0/s1. The Balaban J connectivity index is 2.82. The SMILES string of the molecule is CC(C)(C)OC(=O)[C@@]1(C#N)C[C@@]1(Br)CBr. The predicted molar refractivity (Wildman–Crippen MR) is 64.0 cm³/mol. The van der Waals surface area contributed by atoms with Crippen LogP contribution in [-0.2, 0) is 9.53 Å². The third-order valence-electron chi connectivity index (χ3n) is 2.34. The van der Waals surface area contributed by atoms with E-state index in [1.807, 2.05) is 0 Å². The van der Waals surface area contributed by atoms with Crippen molar-refractivity contribution in [3.05, 3.63) is 0 Å². The first-order valence-corrected chi connectivity index (χ1v) is 6.52. The summed E-state index contributed by atoms with van der Waals surface area (Å²) in [4.78, 5) is 11.9. The number of rotatable bonds is 2. The number of carbonyl (C=O) groups is 1. The van der Waals surface area contributed by atoms with Gasteiger partial charge in [-0.15, -0.1) is 0 Å².